The van der Waals surface area contributed by atoms with Crippen LogP contribution in [0.4, 0.5) is 5.82 Å². The van der Waals surface area contributed by atoms with Crippen molar-refractivity contribution in [3.05, 3.63) is 53.5 Å². The van der Waals surface area contributed by atoms with E-state index < -0.39 is 17.4 Å². The number of aliphatic carboxylic acids is 1. The molecular weight excluding hydrogens is 430 g/mol. The first-order valence-electron chi connectivity index (χ1n) is 12.2. The van der Waals surface area contributed by atoms with Gasteiger partial charge in [0.15, 0.2) is 0 Å². The van der Waals surface area contributed by atoms with E-state index in [0.29, 0.717) is 18.9 Å². The van der Waals surface area contributed by atoms with Crippen LogP contribution >= 0.6 is 0 Å². The summed E-state index contributed by atoms with van der Waals surface area (Å²) in [6.45, 7) is 7.15. The highest BCUT2D eigenvalue weighted by Gasteiger charge is 2.34. The minimum atomic E-state index is -1.00. The number of amides is 1. The summed E-state index contributed by atoms with van der Waals surface area (Å²) in [6, 6.07) is 7.05. The topological polar surface area (TPSA) is 107 Å². The molecule has 1 saturated heterocycles. The lowest BCUT2D eigenvalue weighted by atomic mass is 9.84. The molecule has 2 aliphatic heterocycles. The fraction of sp³-hybridized carbons (Fsp3) is 0.538. The molecule has 0 aliphatic carbocycles. The highest BCUT2D eigenvalue weighted by Crippen LogP contribution is 2.25. The second-order valence-electron chi connectivity index (χ2n) is 10.0. The van der Waals surface area contributed by atoms with E-state index in [2.05, 4.69) is 32.7 Å². The summed E-state index contributed by atoms with van der Waals surface area (Å²) in [7, 11) is 0. The third-order valence-corrected chi connectivity index (χ3v) is 7.08. The number of fused-ring (bicyclic) bond motifs is 1. The Labute approximate surface area is 201 Å². The molecule has 4 rings (SSSR count). The number of carboxylic acid groups (broad SMARTS) is 1. The highest BCUT2D eigenvalue weighted by atomic mass is 16.4. The van der Waals surface area contributed by atoms with Crippen LogP contribution in [-0.2, 0) is 27.8 Å². The maximum Gasteiger partial charge on any atom is 0.326 e. The zero-order valence-electron chi connectivity index (χ0n) is 20.1. The van der Waals surface area contributed by atoms with E-state index in [1.165, 1.54) is 12.0 Å². The van der Waals surface area contributed by atoms with Gasteiger partial charge in [-0.1, -0.05) is 12.1 Å². The average molecular weight is 466 g/mol. The minimum absolute atomic E-state index is 0.304. The first kappa shape index (κ1) is 24.1. The summed E-state index contributed by atoms with van der Waals surface area (Å²) in [4.78, 5) is 35.7. The van der Waals surface area contributed by atoms with Crippen LogP contribution in [0.3, 0.4) is 0 Å². The molecule has 2 aromatic heterocycles. The van der Waals surface area contributed by atoms with E-state index in [9.17, 15) is 14.7 Å². The smallest absolute Gasteiger partial charge is 0.326 e. The molecule has 0 saturated carbocycles. The maximum absolute atomic E-state index is 12.8. The molecule has 0 spiro atoms. The molecule has 182 valence electrons. The van der Waals surface area contributed by atoms with E-state index >= 15 is 0 Å². The molecule has 3 N–H and O–H groups in total. The lowest BCUT2D eigenvalue weighted by Crippen LogP contribution is -2.52. The molecule has 34 heavy (non-hydrogen) atoms. The fourth-order valence-electron chi connectivity index (χ4n) is 4.67. The SMILES string of the molecule is CC(C)(C(=O)NC(CCN1CC(CCc2ccc3c(n2)NCCC3)C1)C(=O)O)c1cccnc1. The van der Waals surface area contributed by atoms with Crippen molar-refractivity contribution in [1.82, 2.24) is 20.2 Å². The van der Waals surface area contributed by atoms with Crippen molar-refractivity contribution >= 4 is 17.7 Å². The Hall–Kier alpha value is -3.00. The summed E-state index contributed by atoms with van der Waals surface area (Å²) >= 11 is 0. The predicted octanol–water partition coefficient (Wildman–Crippen LogP) is 2.64. The Bertz CT molecular complexity index is 1000. The van der Waals surface area contributed by atoms with Crippen LogP contribution in [0.1, 0.15) is 49.9 Å². The van der Waals surface area contributed by atoms with Gasteiger partial charge in [0.2, 0.25) is 5.91 Å². The number of pyridine rings is 2. The Balaban J connectivity index is 1.20. The second kappa shape index (κ2) is 10.5. The van der Waals surface area contributed by atoms with Crippen LogP contribution in [0.15, 0.2) is 36.7 Å². The van der Waals surface area contributed by atoms with Crippen molar-refractivity contribution in [2.24, 2.45) is 5.92 Å². The third-order valence-electron chi connectivity index (χ3n) is 7.08. The van der Waals surface area contributed by atoms with E-state index in [-0.39, 0.29) is 5.91 Å². The largest absolute Gasteiger partial charge is 0.480 e. The normalized spacial score (nSPS) is 17.2. The van der Waals surface area contributed by atoms with Crippen molar-refractivity contribution in [2.45, 2.75) is 57.4 Å². The minimum Gasteiger partial charge on any atom is -0.480 e. The molecule has 8 nitrogen and oxygen atoms in total. The van der Waals surface area contributed by atoms with Gasteiger partial charge in [0.25, 0.3) is 0 Å². The molecule has 0 bridgehead atoms. The molecule has 0 aromatic carbocycles. The summed E-state index contributed by atoms with van der Waals surface area (Å²) in [5, 5.41) is 15.8. The van der Waals surface area contributed by atoms with Crippen molar-refractivity contribution in [1.29, 1.82) is 0 Å². The van der Waals surface area contributed by atoms with Crippen LogP contribution in [0.5, 0.6) is 0 Å². The Morgan fingerprint density at radius 3 is 2.85 bits per heavy atom. The summed E-state index contributed by atoms with van der Waals surface area (Å²) in [6.07, 6.45) is 8.00. The molecule has 1 unspecified atom stereocenters. The van der Waals surface area contributed by atoms with Gasteiger partial charge in [-0.15, -0.1) is 0 Å². The number of likely N-dealkylation sites (tertiary alicyclic amines) is 1. The summed E-state index contributed by atoms with van der Waals surface area (Å²) in [5.41, 5.74) is 2.35. The van der Waals surface area contributed by atoms with Gasteiger partial charge in [0.05, 0.1) is 5.41 Å². The van der Waals surface area contributed by atoms with Gasteiger partial charge in [0.1, 0.15) is 11.9 Å². The predicted molar refractivity (Wildman–Crippen MR) is 131 cm³/mol. The molecule has 1 atom stereocenters. The number of hydrogen-bond donors (Lipinski definition) is 3. The molecule has 2 aliphatic rings. The van der Waals surface area contributed by atoms with Gasteiger partial charge in [-0.05, 0) is 75.1 Å². The third kappa shape index (κ3) is 5.73. The zero-order chi connectivity index (χ0) is 24.1. The van der Waals surface area contributed by atoms with Gasteiger partial charge in [-0.25, -0.2) is 9.78 Å². The molecule has 4 heterocycles. The van der Waals surface area contributed by atoms with Crippen LogP contribution in [0.25, 0.3) is 0 Å². The Kier molecular flexibility index (Phi) is 7.46. The van der Waals surface area contributed by atoms with Crippen molar-refractivity contribution in [2.75, 3.05) is 31.5 Å². The molecule has 8 heteroatoms. The number of aromatic nitrogens is 2. The zero-order valence-corrected chi connectivity index (χ0v) is 20.1. The number of hydrogen-bond acceptors (Lipinski definition) is 6. The quantitative estimate of drug-likeness (QED) is 0.495. The number of carbonyl (C=O) groups is 2. The standard InChI is InChI=1S/C26H35N5O3/c1-26(2,20-6-4-12-27-15-20)25(34)30-22(24(32)33)11-14-31-16-18(17-31)7-9-21-10-8-19-5-3-13-28-23(19)29-21/h4,6,8,10,12,15,18,22H,3,5,7,9,11,13-14,16-17H2,1-2H3,(H,28,29)(H,30,34)(H,32,33). The van der Waals surface area contributed by atoms with Gasteiger partial charge >= 0.3 is 5.97 Å². The van der Waals surface area contributed by atoms with Crippen molar-refractivity contribution in [3.63, 3.8) is 0 Å². The van der Waals surface area contributed by atoms with Gasteiger partial charge in [-0.3, -0.25) is 9.78 Å². The first-order chi connectivity index (χ1) is 16.3. The number of rotatable bonds is 10. The summed E-state index contributed by atoms with van der Waals surface area (Å²) < 4.78 is 0. The van der Waals surface area contributed by atoms with Crippen LogP contribution in [0.2, 0.25) is 0 Å². The van der Waals surface area contributed by atoms with Gasteiger partial charge < -0.3 is 20.6 Å². The first-order valence-corrected chi connectivity index (χ1v) is 12.2. The maximum atomic E-state index is 12.8. The molecule has 2 aromatic rings. The van der Waals surface area contributed by atoms with Crippen LogP contribution in [0, 0.1) is 5.92 Å². The average Bonchev–Trinajstić information content (AvgIpc) is 2.82. The number of carboxylic acids is 1. The second-order valence-corrected chi connectivity index (χ2v) is 10.0. The van der Waals surface area contributed by atoms with Gasteiger partial charge in [0, 0.05) is 44.3 Å². The Morgan fingerprint density at radius 1 is 1.29 bits per heavy atom. The molecule has 0 radical (unpaired) electrons. The number of anilines is 1. The monoisotopic (exact) mass is 465 g/mol. The van der Waals surface area contributed by atoms with Crippen molar-refractivity contribution < 1.29 is 14.7 Å². The van der Waals surface area contributed by atoms with E-state index in [1.807, 2.05) is 6.07 Å². The van der Waals surface area contributed by atoms with E-state index in [4.69, 9.17) is 4.98 Å². The number of nitrogens with zero attached hydrogens (tertiary/aromatic N) is 3. The lowest BCUT2D eigenvalue weighted by Gasteiger charge is -2.40. The van der Waals surface area contributed by atoms with E-state index in [0.717, 1.165) is 56.0 Å². The van der Waals surface area contributed by atoms with Crippen LogP contribution < -0.4 is 10.6 Å². The van der Waals surface area contributed by atoms with Crippen molar-refractivity contribution in [3.8, 4) is 0 Å². The Morgan fingerprint density at radius 2 is 2.12 bits per heavy atom. The molecule has 1 fully saturated rings. The molecular formula is C26H35N5O3. The fourth-order valence-corrected chi connectivity index (χ4v) is 4.67. The van der Waals surface area contributed by atoms with Crippen LogP contribution in [-0.4, -0.2) is 64.1 Å². The lowest BCUT2D eigenvalue weighted by molar-refractivity contribution is -0.143. The van der Waals surface area contributed by atoms with Gasteiger partial charge in [-0.2, -0.15) is 0 Å². The molecule has 1 amide bonds. The summed E-state index contributed by atoms with van der Waals surface area (Å²) in [5.74, 6) is 0.349. The van der Waals surface area contributed by atoms with E-state index in [1.54, 1.807) is 32.3 Å². The highest BCUT2D eigenvalue weighted by molar-refractivity contribution is 5.90. The number of nitrogens with one attached hydrogen (secondary N) is 2. The number of carbonyl (C=O) groups excluding carboxylic acids is 1. The number of aryl methyl sites for hydroxylation is 2.